The maximum Gasteiger partial charge on any atom is 0.494 e. The summed E-state index contributed by atoms with van der Waals surface area (Å²) >= 11 is 12.0. The van der Waals surface area contributed by atoms with Crippen LogP contribution in [-0.2, 0) is 14.1 Å². The van der Waals surface area contributed by atoms with Crippen LogP contribution in [0.25, 0.3) is 0 Å². The van der Waals surface area contributed by atoms with Crippen molar-refractivity contribution in [2.75, 3.05) is 39.9 Å². The third-order valence-corrected chi connectivity index (χ3v) is 6.51. The van der Waals surface area contributed by atoms with Gasteiger partial charge >= 0.3 is 6.69 Å². The summed E-state index contributed by atoms with van der Waals surface area (Å²) in [6, 6.07) is 4.62. The van der Waals surface area contributed by atoms with Crippen LogP contribution in [0.15, 0.2) is 18.2 Å². The molecular weight excluding hydrogens is 416 g/mol. The van der Waals surface area contributed by atoms with E-state index >= 15 is 0 Å². The second kappa shape index (κ2) is 8.82. The van der Waals surface area contributed by atoms with Crippen LogP contribution in [0, 0.1) is 5.92 Å². The zero-order valence-corrected chi connectivity index (χ0v) is 18.6. The number of hydrogen-bond donors (Lipinski definition) is 2. The lowest BCUT2D eigenvalue weighted by Crippen LogP contribution is -2.71. The summed E-state index contributed by atoms with van der Waals surface area (Å²) in [6.45, 7) is 5.32. The number of carbonyl (C=O) groups is 2. The fourth-order valence-corrected chi connectivity index (χ4v) is 4.81. The van der Waals surface area contributed by atoms with Gasteiger partial charge in [0.15, 0.2) is 0 Å². The summed E-state index contributed by atoms with van der Waals surface area (Å²) in [5.41, 5.74) is 0.232. The lowest BCUT2D eigenvalue weighted by molar-refractivity contribution is -0.801. The number of halogens is 2. The number of fused-ring (bicyclic) bond motifs is 1. The molecule has 0 bridgehead atoms. The Hall–Kier alpha value is -1.32. The second-order valence-electron chi connectivity index (χ2n) is 8.51. The Morgan fingerprint density at radius 3 is 2.48 bits per heavy atom. The highest BCUT2D eigenvalue weighted by molar-refractivity contribution is 6.62. The number of hydrogen-bond acceptors (Lipinski definition) is 4. The highest BCUT2D eigenvalue weighted by Gasteiger charge is 2.61. The maximum atomic E-state index is 12.7. The van der Waals surface area contributed by atoms with Gasteiger partial charge in [-0.1, -0.05) is 43.5 Å². The van der Waals surface area contributed by atoms with Crippen molar-refractivity contribution in [3.05, 3.63) is 33.8 Å². The molecule has 2 N–H and O–H groups in total. The SMILES string of the molecule is CC(C)C[C@@H](NC(=O)CNC(=O)c1cc(Cl)ccc1Cl)[B-]12OCC[N+]1(C)CCO2. The molecule has 7 nitrogen and oxygen atoms in total. The van der Waals surface area contributed by atoms with Crippen molar-refractivity contribution in [1.29, 1.82) is 0 Å². The summed E-state index contributed by atoms with van der Waals surface area (Å²) in [4.78, 5) is 25.1. The molecule has 29 heavy (non-hydrogen) atoms. The van der Waals surface area contributed by atoms with Crippen LogP contribution in [0.3, 0.4) is 0 Å². The number of benzene rings is 1. The number of quaternary nitrogens is 1. The molecule has 10 heteroatoms. The van der Waals surface area contributed by atoms with Crippen LogP contribution in [-0.4, -0.2) is 68.7 Å². The summed E-state index contributed by atoms with van der Waals surface area (Å²) < 4.78 is 12.9. The Balaban J connectivity index is 1.67. The Morgan fingerprint density at radius 1 is 1.21 bits per heavy atom. The predicted molar refractivity (Wildman–Crippen MR) is 114 cm³/mol. The van der Waals surface area contributed by atoms with Crippen molar-refractivity contribution >= 4 is 41.7 Å². The number of carbonyl (C=O) groups excluding carboxylic acids is 2. The highest BCUT2D eigenvalue weighted by Crippen LogP contribution is 2.36. The average Bonchev–Trinajstić information content (AvgIpc) is 3.14. The van der Waals surface area contributed by atoms with Gasteiger partial charge in [0, 0.05) is 18.0 Å². The molecule has 0 saturated carbocycles. The van der Waals surface area contributed by atoms with Gasteiger partial charge in [-0.25, -0.2) is 0 Å². The smallest absolute Gasteiger partial charge is 0.494 e. The van der Waals surface area contributed by atoms with Gasteiger partial charge in [-0.15, -0.1) is 0 Å². The van der Waals surface area contributed by atoms with Gasteiger partial charge < -0.3 is 24.3 Å². The van der Waals surface area contributed by atoms with Crippen LogP contribution < -0.4 is 10.6 Å². The Labute approximate surface area is 181 Å². The molecule has 1 aromatic rings. The van der Waals surface area contributed by atoms with Crippen LogP contribution in [0.1, 0.15) is 30.6 Å². The van der Waals surface area contributed by atoms with E-state index in [9.17, 15) is 9.59 Å². The van der Waals surface area contributed by atoms with Gasteiger partial charge in [-0.05, 0) is 24.1 Å². The lowest BCUT2D eigenvalue weighted by Gasteiger charge is -2.48. The lowest BCUT2D eigenvalue weighted by atomic mass is 9.58. The topological polar surface area (TPSA) is 76.7 Å². The van der Waals surface area contributed by atoms with Crippen LogP contribution in [0.2, 0.25) is 10.0 Å². The molecule has 0 aliphatic carbocycles. The minimum Gasteiger partial charge on any atom is -0.508 e. The first-order chi connectivity index (χ1) is 13.7. The van der Waals surface area contributed by atoms with Crippen LogP contribution in [0.4, 0.5) is 0 Å². The number of likely N-dealkylation sites (N-methyl/N-ethyl adjacent to an activating group) is 1. The van der Waals surface area contributed by atoms with E-state index in [1.54, 1.807) is 12.1 Å². The normalized spacial score (nSPS) is 27.0. The Morgan fingerprint density at radius 2 is 1.86 bits per heavy atom. The molecule has 0 radical (unpaired) electrons. The summed E-state index contributed by atoms with van der Waals surface area (Å²) in [5, 5.41) is 6.35. The first-order valence-corrected chi connectivity index (χ1v) is 10.7. The average molecular weight is 444 g/mol. The molecule has 160 valence electrons. The molecule has 2 saturated heterocycles. The van der Waals surface area contributed by atoms with Crippen molar-refractivity contribution in [2.45, 2.75) is 26.2 Å². The molecular formula is C19H28BCl2N3O4. The van der Waals surface area contributed by atoms with Crippen molar-refractivity contribution in [1.82, 2.24) is 10.6 Å². The van der Waals surface area contributed by atoms with E-state index in [1.165, 1.54) is 6.07 Å². The second-order valence-corrected chi connectivity index (χ2v) is 9.35. The quantitative estimate of drug-likeness (QED) is 0.633. The largest absolute Gasteiger partial charge is 0.508 e. The molecule has 0 aromatic heterocycles. The Bertz CT molecular complexity index is 783. The summed E-state index contributed by atoms with van der Waals surface area (Å²) in [7, 11) is 2.13. The number of amides is 2. The van der Waals surface area contributed by atoms with E-state index < -0.39 is 12.6 Å². The minimum atomic E-state index is -1.68. The molecule has 2 fully saturated rings. The third kappa shape index (κ3) is 4.56. The van der Waals surface area contributed by atoms with Crippen molar-refractivity contribution < 1.29 is 23.3 Å². The van der Waals surface area contributed by atoms with Crippen LogP contribution in [0.5, 0.6) is 0 Å². The highest BCUT2D eigenvalue weighted by atomic mass is 35.5. The van der Waals surface area contributed by atoms with E-state index in [1.807, 2.05) is 0 Å². The van der Waals surface area contributed by atoms with Gasteiger partial charge in [0.1, 0.15) is 0 Å². The van der Waals surface area contributed by atoms with Crippen molar-refractivity contribution in [2.24, 2.45) is 5.92 Å². The number of nitrogens with zero attached hydrogens (tertiary/aromatic N) is 1. The first kappa shape index (κ1) is 22.4. The molecule has 2 aliphatic rings. The summed E-state index contributed by atoms with van der Waals surface area (Å²) in [5.74, 6) is -0.662. The number of rotatable bonds is 7. The fourth-order valence-electron chi connectivity index (χ4n) is 4.44. The fraction of sp³-hybridized carbons (Fsp3) is 0.579. The van der Waals surface area contributed by atoms with Gasteiger partial charge in [0.2, 0.25) is 5.91 Å². The molecule has 0 spiro atoms. The van der Waals surface area contributed by atoms with Gasteiger partial charge in [-0.3, -0.25) is 9.59 Å². The zero-order valence-electron chi connectivity index (χ0n) is 17.0. The minimum absolute atomic E-state index is 0.174. The molecule has 2 amide bonds. The zero-order chi connectivity index (χ0) is 21.2. The van der Waals surface area contributed by atoms with E-state index in [0.717, 1.165) is 19.5 Å². The monoisotopic (exact) mass is 443 g/mol. The van der Waals surface area contributed by atoms with Crippen molar-refractivity contribution in [3.8, 4) is 0 Å². The van der Waals surface area contributed by atoms with Gasteiger partial charge in [0.25, 0.3) is 5.91 Å². The maximum absolute atomic E-state index is 12.7. The third-order valence-electron chi connectivity index (χ3n) is 5.95. The number of nitrogens with one attached hydrogen (secondary N) is 2. The first-order valence-electron chi connectivity index (χ1n) is 9.96. The molecule has 3 rings (SSSR count). The van der Waals surface area contributed by atoms with Crippen molar-refractivity contribution in [3.63, 3.8) is 0 Å². The van der Waals surface area contributed by atoms with E-state index in [-0.39, 0.29) is 29.0 Å². The van der Waals surface area contributed by atoms with Gasteiger partial charge in [0.05, 0.1) is 43.4 Å². The molecule has 2 aliphatic heterocycles. The molecule has 2 heterocycles. The summed E-state index contributed by atoms with van der Waals surface area (Å²) in [6.07, 6.45) is 0.730. The molecule has 0 unspecified atom stereocenters. The Kier molecular flexibility index (Phi) is 6.80. The standard InChI is InChI=1S/C19H28BCl2N3O4/c1-13(2)10-17(20-25(3,6-8-28-20)7-9-29-20)24-18(26)12-23-19(27)15-11-14(21)4-5-16(15)22/h4-5,11,13,17H,6-10,12H2,1-3H3,(H,23,27)(H,24,26)/t17-,20?,25?/m1/s1. The van der Waals surface area contributed by atoms with E-state index in [0.29, 0.717) is 28.5 Å². The van der Waals surface area contributed by atoms with E-state index in [4.69, 9.17) is 32.5 Å². The van der Waals surface area contributed by atoms with E-state index in [2.05, 4.69) is 31.5 Å². The molecule has 1 aromatic carbocycles. The predicted octanol–water partition coefficient (Wildman–Crippen LogP) is 2.24. The molecule has 1 atom stereocenters. The van der Waals surface area contributed by atoms with Gasteiger partial charge in [-0.2, -0.15) is 0 Å². The van der Waals surface area contributed by atoms with Crippen LogP contribution >= 0.6 is 23.2 Å².